The van der Waals surface area contributed by atoms with E-state index in [0.29, 0.717) is 0 Å². The van der Waals surface area contributed by atoms with Gasteiger partial charge in [-0.05, 0) is 37.1 Å². The molecule has 0 aromatic heterocycles. The molecule has 4 aromatic rings. The summed E-state index contributed by atoms with van der Waals surface area (Å²) in [5.41, 5.74) is 10.5. The van der Waals surface area contributed by atoms with Gasteiger partial charge in [0.15, 0.2) is 0 Å². The van der Waals surface area contributed by atoms with Gasteiger partial charge in [0, 0.05) is 19.5 Å². The molecule has 4 aromatic carbocycles. The van der Waals surface area contributed by atoms with Crippen LogP contribution in [0, 0.1) is 13.8 Å². The summed E-state index contributed by atoms with van der Waals surface area (Å²) in [6.45, 7) is 4.00. The molecule has 0 fully saturated rings. The molecule has 0 spiro atoms. The van der Waals surface area contributed by atoms with E-state index in [2.05, 4.69) is 23.8 Å². The summed E-state index contributed by atoms with van der Waals surface area (Å²) in [6.07, 6.45) is 0. The van der Waals surface area contributed by atoms with Crippen LogP contribution in [0.15, 0.2) is 120 Å². The fraction of sp³-hybridized carbons (Fsp3) is 0.143. The van der Waals surface area contributed by atoms with Crippen molar-refractivity contribution in [3.05, 3.63) is 138 Å². The summed E-state index contributed by atoms with van der Waals surface area (Å²) in [4.78, 5) is 0.226. The summed E-state index contributed by atoms with van der Waals surface area (Å²) >= 11 is 0. The Bertz CT molecular complexity index is 1220. The first-order valence-electron chi connectivity index (χ1n) is 10.8. The van der Waals surface area contributed by atoms with E-state index in [-0.39, 0.29) is 24.4 Å². The molecule has 0 aliphatic carbocycles. The third-order valence-electron chi connectivity index (χ3n) is 5.26. The molecular weight excluding hydrogens is 529 g/mol. The Morgan fingerprint density at radius 2 is 1.03 bits per heavy atom. The van der Waals surface area contributed by atoms with E-state index in [1.165, 1.54) is 5.56 Å². The van der Waals surface area contributed by atoms with Gasteiger partial charge >= 0.3 is 0 Å². The van der Waals surface area contributed by atoms with Crippen LogP contribution in [0.1, 0.15) is 34.3 Å². The van der Waals surface area contributed by atoms with Crippen molar-refractivity contribution in [3.8, 4) is 0 Å². The van der Waals surface area contributed by atoms with Gasteiger partial charge in [-0.15, -0.1) is 0 Å². The fourth-order valence-electron chi connectivity index (χ4n) is 3.36. The molecule has 0 radical (unpaired) electrons. The standard InChI is InChI=1S/C21H22N2O2S.C7H8.Ru/c1-16-12-14-19(15-13-16)26(24,25)23-21(18-10-6-3-7-11-18)20(22)17-8-4-2-5-9-17;1-7-5-3-2-4-6-7;/h2-15,20-21,23H,22H2,1H3;2-6H,1H3;/t20-,21-;;/m1../s1. The van der Waals surface area contributed by atoms with Gasteiger partial charge < -0.3 is 5.73 Å². The van der Waals surface area contributed by atoms with Crippen LogP contribution in [0.2, 0.25) is 0 Å². The van der Waals surface area contributed by atoms with Crippen molar-refractivity contribution in [1.29, 1.82) is 0 Å². The maximum Gasteiger partial charge on any atom is 0.241 e. The zero-order valence-electron chi connectivity index (χ0n) is 19.3. The van der Waals surface area contributed by atoms with Gasteiger partial charge in [0.1, 0.15) is 0 Å². The number of aryl methyl sites for hydroxylation is 2. The molecular formula is C28H30N2O2RuS. The normalized spacial score (nSPS) is 12.4. The van der Waals surface area contributed by atoms with Crippen LogP contribution < -0.4 is 10.5 Å². The Morgan fingerprint density at radius 1 is 0.618 bits per heavy atom. The molecule has 0 saturated carbocycles. The average Bonchev–Trinajstić information content (AvgIpc) is 2.84. The van der Waals surface area contributed by atoms with Crippen molar-refractivity contribution in [2.24, 2.45) is 5.73 Å². The van der Waals surface area contributed by atoms with Crippen molar-refractivity contribution < 1.29 is 27.9 Å². The zero-order chi connectivity index (χ0) is 23.7. The number of sulfonamides is 1. The van der Waals surface area contributed by atoms with E-state index in [4.69, 9.17) is 5.73 Å². The molecule has 0 saturated heterocycles. The van der Waals surface area contributed by atoms with E-state index < -0.39 is 22.1 Å². The number of hydrogen-bond donors (Lipinski definition) is 2. The molecule has 0 amide bonds. The molecule has 0 bridgehead atoms. The third-order valence-corrected chi connectivity index (χ3v) is 6.71. The van der Waals surface area contributed by atoms with Crippen molar-refractivity contribution >= 4 is 10.0 Å². The predicted octanol–water partition coefficient (Wildman–Crippen LogP) is 5.71. The maximum absolute atomic E-state index is 12.9. The van der Waals surface area contributed by atoms with Crippen LogP contribution in [0.25, 0.3) is 0 Å². The second-order valence-electron chi connectivity index (χ2n) is 7.91. The SMILES string of the molecule is Cc1ccc(S(=O)(=O)N[C@H](c2ccccc2)[C@H](N)c2ccccc2)cc1.Cc1ccccc1.[Ru]. The molecule has 4 nitrogen and oxygen atoms in total. The Labute approximate surface area is 216 Å². The van der Waals surface area contributed by atoms with E-state index in [1.807, 2.05) is 85.8 Å². The topological polar surface area (TPSA) is 72.2 Å². The number of rotatable bonds is 6. The quantitative estimate of drug-likeness (QED) is 0.298. The first-order valence-corrected chi connectivity index (χ1v) is 12.3. The Balaban J connectivity index is 0.000000439. The Kier molecular flexibility index (Phi) is 10.8. The summed E-state index contributed by atoms with van der Waals surface area (Å²) in [7, 11) is -3.71. The van der Waals surface area contributed by atoms with E-state index >= 15 is 0 Å². The smallest absolute Gasteiger partial charge is 0.241 e. The summed E-state index contributed by atoms with van der Waals surface area (Å²) in [5.74, 6) is 0. The molecule has 0 aliphatic heterocycles. The van der Waals surface area contributed by atoms with E-state index in [0.717, 1.165) is 16.7 Å². The minimum absolute atomic E-state index is 0. The summed E-state index contributed by atoms with van der Waals surface area (Å²) in [6, 6.07) is 34.8. The monoisotopic (exact) mass is 560 g/mol. The first-order chi connectivity index (χ1) is 15.9. The van der Waals surface area contributed by atoms with Gasteiger partial charge in [0.05, 0.1) is 17.0 Å². The number of benzene rings is 4. The molecule has 178 valence electrons. The zero-order valence-corrected chi connectivity index (χ0v) is 21.8. The largest absolute Gasteiger partial charge is 0.322 e. The van der Waals surface area contributed by atoms with Crippen LogP contribution in [0.3, 0.4) is 0 Å². The predicted molar refractivity (Wildman–Crippen MR) is 135 cm³/mol. The van der Waals surface area contributed by atoms with E-state index in [9.17, 15) is 8.42 Å². The molecule has 0 heterocycles. The molecule has 6 heteroatoms. The second-order valence-corrected chi connectivity index (χ2v) is 9.63. The van der Waals surface area contributed by atoms with E-state index in [1.54, 1.807) is 24.3 Å². The van der Waals surface area contributed by atoms with Crippen LogP contribution in [0.4, 0.5) is 0 Å². The van der Waals surface area contributed by atoms with Crippen molar-refractivity contribution in [2.45, 2.75) is 30.8 Å². The summed E-state index contributed by atoms with van der Waals surface area (Å²) in [5, 5.41) is 0. The molecule has 34 heavy (non-hydrogen) atoms. The second kappa shape index (κ2) is 13.3. The minimum Gasteiger partial charge on any atom is -0.322 e. The van der Waals surface area contributed by atoms with Crippen LogP contribution >= 0.6 is 0 Å². The third kappa shape index (κ3) is 8.00. The van der Waals surface area contributed by atoms with Gasteiger partial charge in [0.25, 0.3) is 0 Å². The molecule has 3 N–H and O–H groups in total. The van der Waals surface area contributed by atoms with Crippen LogP contribution in [-0.4, -0.2) is 8.42 Å². The molecule has 0 unspecified atom stereocenters. The van der Waals surface area contributed by atoms with Gasteiger partial charge in [-0.2, -0.15) is 0 Å². The van der Waals surface area contributed by atoms with Crippen LogP contribution in [0.5, 0.6) is 0 Å². The molecule has 4 rings (SSSR count). The number of hydrogen-bond acceptors (Lipinski definition) is 3. The van der Waals surface area contributed by atoms with Crippen molar-refractivity contribution in [2.75, 3.05) is 0 Å². The Hall–Kier alpha value is -2.63. The first kappa shape index (κ1) is 27.6. The van der Waals surface area contributed by atoms with Crippen molar-refractivity contribution in [1.82, 2.24) is 4.72 Å². The van der Waals surface area contributed by atoms with Gasteiger partial charge in [-0.25, -0.2) is 13.1 Å². The van der Waals surface area contributed by atoms with Gasteiger partial charge in [-0.1, -0.05) is 114 Å². The average molecular weight is 560 g/mol. The fourth-order valence-corrected chi connectivity index (χ4v) is 4.61. The van der Waals surface area contributed by atoms with Gasteiger partial charge in [-0.3, -0.25) is 0 Å². The molecule has 0 aliphatic rings. The van der Waals surface area contributed by atoms with Gasteiger partial charge in [0.2, 0.25) is 10.0 Å². The molecule has 2 atom stereocenters. The number of nitrogens with one attached hydrogen (secondary N) is 1. The number of nitrogens with two attached hydrogens (primary N) is 1. The minimum atomic E-state index is -3.71. The maximum atomic E-state index is 12.9. The van der Waals surface area contributed by atoms with Crippen molar-refractivity contribution in [3.63, 3.8) is 0 Å². The Morgan fingerprint density at radius 3 is 1.47 bits per heavy atom. The van der Waals surface area contributed by atoms with Crippen LogP contribution in [-0.2, 0) is 29.5 Å². The summed E-state index contributed by atoms with van der Waals surface area (Å²) < 4.78 is 28.6.